The second-order valence-corrected chi connectivity index (χ2v) is 13.4. The average Bonchev–Trinajstić information content (AvgIpc) is 3.60. The van der Waals surface area contributed by atoms with Crippen LogP contribution in [0.25, 0.3) is 5.65 Å². The number of hydrogen-bond donors (Lipinski definition) is 2. The number of nitrogens with one attached hydrogen (secondary N) is 2. The van der Waals surface area contributed by atoms with E-state index in [9.17, 15) is 9.59 Å². The Kier molecular flexibility index (Phi) is 8.03. The molecule has 2 aromatic heterocycles. The molecule has 6 rings (SSSR count). The monoisotopic (exact) mass is 610 g/mol. The van der Waals surface area contributed by atoms with Gasteiger partial charge < -0.3 is 20.1 Å². The Balaban J connectivity index is 1.20. The van der Waals surface area contributed by atoms with E-state index in [2.05, 4.69) is 70.9 Å². The van der Waals surface area contributed by atoms with Crippen molar-refractivity contribution in [1.82, 2.24) is 24.8 Å². The van der Waals surface area contributed by atoms with Crippen molar-refractivity contribution in [2.45, 2.75) is 76.5 Å². The number of hydrogen-bond acceptors (Lipinski definition) is 7. The van der Waals surface area contributed by atoms with Crippen molar-refractivity contribution in [2.75, 3.05) is 26.0 Å². The van der Waals surface area contributed by atoms with Crippen LogP contribution in [0.4, 0.5) is 10.5 Å². The molecule has 0 saturated carbocycles. The zero-order valence-electron chi connectivity index (χ0n) is 26.9. The SMILES string of the molecule is COC(=O)c1cc(NC(=O)N[C@H]2CC[C@@H](Oc3ccc4nnc(C5(C)CCCN5C)n4c3)c3ccccc32)cc(C(C)(C)C)c1. The van der Waals surface area contributed by atoms with E-state index in [-0.39, 0.29) is 29.1 Å². The summed E-state index contributed by atoms with van der Waals surface area (Å²) in [6.45, 7) is 9.43. The molecule has 2 aliphatic rings. The first kappa shape index (κ1) is 30.6. The Bertz CT molecular complexity index is 1740. The maximum absolute atomic E-state index is 13.3. The number of methoxy groups -OCH3 is 1. The van der Waals surface area contributed by atoms with Gasteiger partial charge in [0.1, 0.15) is 11.9 Å². The Morgan fingerprint density at radius 3 is 2.51 bits per heavy atom. The number of carbonyl (C=O) groups excluding carboxylic acids is 2. The Labute approximate surface area is 264 Å². The van der Waals surface area contributed by atoms with Crippen molar-refractivity contribution in [3.63, 3.8) is 0 Å². The van der Waals surface area contributed by atoms with E-state index in [0.29, 0.717) is 17.7 Å². The van der Waals surface area contributed by atoms with Gasteiger partial charge in [-0.15, -0.1) is 10.2 Å². The largest absolute Gasteiger partial charge is 0.484 e. The van der Waals surface area contributed by atoms with E-state index in [0.717, 1.165) is 59.7 Å². The second-order valence-electron chi connectivity index (χ2n) is 13.4. The van der Waals surface area contributed by atoms with Crippen LogP contribution in [-0.4, -0.2) is 52.2 Å². The summed E-state index contributed by atoms with van der Waals surface area (Å²) >= 11 is 0. The number of pyridine rings is 1. The van der Waals surface area contributed by atoms with Gasteiger partial charge >= 0.3 is 12.0 Å². The van der Waals surface area contributed by atoms with Gasteiger partial charge in [0.15, 0.2) is 11.5 Å². The molecule has 0 radical (unpaired) electrons. The topological polar surface area (TPSA) is 110 Å². The minimum atomic E-state index is -0.448. The first-order valence-corrected chi connectivity index (χ1v) is 15.6. The number of ether oxygens (including phenoxy) is 2. The van der Waals surface area contributed by atoms with E-state index in [1.807, 2.05) is 48.7 Å². The fourth-order valence-corrected chi connectivity index (χ4v) is 6.57. The van der Waals surface area contributed by atoms with Crippen LogP contribution in [0.3, 0.4) is 0 Å². The number of benzene rings is 2. The molecule has 1 aliphatic carbocycles. The van der Waals surface area contributed by atoms with Gasteiger partial charge in [-0.1, -0.05) is 45.0 Å². The van der Waals surface area contributed by atoms with Gasteiger partial charge in [-0.2, -0.15) is 0 Å². The molecule has 236 valence electrons. The van der Waals surface area contributed by atoms with Crippen molar-refractivity contribution in [1.29, 1.82) is 0 Å². The average molecular weight is 611 g/mol. The molecule has 1 saturated heterocycles. The number of amides is 2. The molecule has 4 aromatic rings. The molecule has 0 bridgehead atoms. The zero-order valence-corrected chi connectivity index (χ0v) is 26.9. The third-order valence-electron chi connectivity index (χ3n) is 9.35. The number of anilines is 1. The van der Waals surface area contributed by atoms with Crippen LogP contribution in [0, 0.1) is 0 Å². The molecule has 0 spiro atoms. The number of likely N-dealkylation sites (tertiary alicyclic amines) is 1. The summed E-state index contributed by atoms with van der Waals surface area (Å²) in [6.07, 6.45) is 5.41. The number of carbonyl (C=O) groups is 2. The van der Waals surface area contributed by atoms with Gasteiger partial charge in [-0.05, 0) is 98.6 Å². The lowest BCUT2D eigenvalue weighted by molar-refractivity contribution is 0.0600. The van der Waals surface area contributed by atoms with Crippen molar-refractivity contribution in [3.05, 3.63) is 88.9 Å². The summed E-state index contributed by atoms with van der Waals surface area (Å²) in [4.78, 5) is 27.9. The van der Waals surface area contributed by atoms with Crippen molar-refractivity contribution in [2.24, 2.45) is 0 Å². The standard InChI is InChI=1S/C35H42N6O4/c1-34(2,3)23-18-22(31(42)44-6)19-24(20-23)36-33(43)37-28-13-14-29(27-11-8-7-10-26(27)28)45-25-12-15-30-38-39-32(41(30)21-25)35(4)16-9-17-40(35)5/h7-8,10-12,15,18-21,28-29H,9,13-14,16-17H2,1-6H3,(H2,36,37,43)/t28-,29+,35?/m0/s1. The summed E-state index contributed by atoms with van der Waals surface area (Å²) in [5, 5.41) is 15.1. The number of fused-ring (bicyclic) bond motifs is 2. The highest BCUT2D eigenvalue weighted by Crippen LogP contribution is 2.40. The van der Waals surface area contributed by atoms with E-state index in [4.69, 9.17) is 9.47 Å². The fourth-order valence-electron chi connectivity index (χ4n) is 6.57. The molecule has 2 N–H and O–H groups in total. The number of urea groups is 1. The molecule has 10 heteroatoms. The van der Waals surface area contributed by atoms with Crippen molar-refractivity contribution in [3.8, 4) is 5.75 Å². The predicted molar refractivity (Wildman–Crippen MR) is 173 cm³/mol. The van der Waals surface area contributed by atoms with Crippen LogP contribution in [0.1, 0.15) is 98.4 Å². The van der Waals surface area contributed by atoms with Crippen molar-refractivity contribution >= 4 is 23.3 Å². The van der Waals surface area contributed by atoms with Crippen LogP contribution in [0.2, 0.25) is 0 Å². The molecular weight excluding hydrogens is 568 g/mol. The van der Waals surface area contributed by atoms with E-state index in [1.54, 1.807) is 6.07 Å². The normalized spacial score (nSPS) is 21.7. The van der Waals surface area contributed by atoms with Crippen molar-refractivity contribution < 1.29 is 19.1 Å². The molecule has 3 atom stereocenters. The number of esters is 1. The molecule has 1 unspecified atom stereocenters. The van der Waals surface area contributed by atoms with Gasteiger partial charge in [-0.25, -0.2) is 9.59 Å². The molecular formula is C35H42N6O4. The van der Waals surface area contributed by atoms with Gasteiger partial charge in [0, 0.05) is 5.69 Å². The molecule has 10 nitrogen and oxygen atoms in total. The lowest BCUT2D eigenvalue weighted by Crippen LogP contribution is -2.37. The minimum absolute atomic E-state index is 0.171. The molecule has 1 aliphatic heterocycles. The smallest absolute Gasteiger partial charge is 0.337 e. The van der Waals surface area contributed by atoms with Gasteiger partial charge in [-0.3, -0.25) is 9.30 Å². The van der Waals surface area contributed by atoms with Crippen LogP contribution < -0.4 is 15.4 Å². The lowest BCUT2D eigenvalue weighted by Gasteiger charge is -2.32. The summed E-state index contributed by atoms with van der Waals surface area (Å²) in [7, 11) is 3.49. The third kappa shape index (κ3) is 5.99. The third-order valence-corrected chi connectivity index (χ3v) is 9.35. The summed E-state index contributed by atoms with van der Waals surface area (Å²) in [5.41, 5.74) is 4.31. The zero-order chi connectivity index (χ0) is 31.9. The van der Waals surface area contributed by atoms with E-state index in [1.165, 1.54) is 7.11 Å². The molecule has 3 heterocycles. The lowest BCUT2D eigenvalue weighted by atomic mass is 9.85. The maximum atomic E-state index is 13.3. The van der Waals surface area contributed by atoms with E-state index >= 15 is 0 Å². The van der Waals surface area contributed by atoms with Gasteiger partial charge in [0.2, 0.25) is 0 Å². The van der Waals surface area contributed by atoms with Gasteiger partial charge in [0.05, 0.1) is 30.5 Å². The quantitative estimate of drug-likeness (QED) is 0.239. The van der Waals surface area contributed by atoms with Crippen LogP contribution in [0.15, 0.2) is 60.8 Å². The Morgan fingerprint density at radius 2 is 1.80 bits per heavy atom. The molecule has 2 aromatic carbocycles. The summed E-state index contributed by atoms with van der Waals surface area (Å²) in [5.74, 6) is 1.22. The summed E-state index contributed by atoms with van der Waals surface area (Å²) in [6, 6.07) is 16.8. The predicted octanol–water partition coefficient (Wildman–Crippen LogP) is 6.53. The molecule has 2 amide bonds. The van der Waals surface area contributed by atoms with Crippen LogP contribution in [-0.2, 0) is 15.7 Å². The first-order chi connectivity index (χ1) is 21.5. The van der Waals surface area contributed by atoms with E-state index < -0.39 is 5.97 Å². The van der Waals surface area contributed by atoms with Crippen LogP contribution in [0.5, 0.6) is 5.75 Å². The summed E-state index contributed by atoms with van der Waals surface area (Å²) < 4.78 is 13.6. The van der Waals surface area contributed by atoms with Gasteiger partial charge in [0.25, 0.3) is 0 Å². The number of aromatic nitrogens is 3. The number of rotatable bonds is 6. The minimum Gasteiger partial charge on any atom is -0.484 e. The highest BCUT2D eigenvalue weighted by molar-refractivity contribution is 5.94. The molecule has 1 fully saturated rings. The fraction of sp³-hybridized carbons (Fsp3) is 0.429. The number of nitrogens with zero attached hydrogens (tertiary/aromatic N) is 4. The molecule has 45 heavy (non-hydrogen) atoms. The second kappa shape index (κ2) is 11.8. The highest BCUT2D eigenvalue weighted by Gasteiger charge is 2.40. The highest BCUT2D eigenvalue weighted by atomic mass is 16.5. The maximum Gasteiger partial charge on any atom is 0.337 e. The first-order valence-electron chi connectivity index (χ1n) is 15.6. The Morgan fingerprint density at radius 1 is 1.02 bits per heavy atom. The van der Waals surface area contributed by atoms with Crippen LogP contribution >= 0.6 is 0 Å². The Hall–Kier alpha value is -4.44.